The van der Waals surface area contributed by atoms with Crippen molar-refractivity contribution in [3.8, 4) is 11.5 Å². The Morgan fingerprint density at radius 2 is 1.44 bits per heavy atom. The molecule has 1 heterocycles. The molecule has 0 radical (unpaired) electrons. The Hall–Kier alpha value is -2.53. The summed E-state index contributed by atoms with van der Waals surface area (Å²) in [6, 6.07) is 16.2. The minimum absolute atomic E-state index is 0.0673. The molecule has 2 aromatic rings. The minimum Gasteiger partial charge on any atom is -0.497 e. The first-order chi connectivity index (χ1) is 12.2. The second-order valence-corrected chi connectivity index (χ2v) is 6.33. The maximum absolute atomic E-state index is 9.48. The minimum atomic E-state index is 0.0673. The van der Waals surface area contributed by atoms with E-state index in [2.05, 4.69) is 29.5 Å². The van der Waals surface area contributed by atoms with Crippen molar-refractivity contribution in [2.75, 3.05) is 14.2 Å². The van der Waals surface area contributed by atoms with Gasteiger partial charge in [-0.1, -0.05) is 36.3 Å². The van der Waals surface area contributed by atoms with E-state index >= 15 is 0 Å². The highest BCUT2D eigenvalue weighted by atomic mass is 16.5. The van der Waals surface area contributed by atoms with Crippen molar-refractivity contribution in [1.29, 1.82) is 0 Å². The number of hydrogen-bond donors (Lipinski definition) is 2. The summed E-state index contributed by atoms with van der Waals surface area (Å²) in [6.07, 6.45) is 0.677. The number of hydrogen-bond acceptors (Lipinski definition) is 5. The lowest BCUT2D eigenvalue weighted by atomic mass is 9.81. The standard InChI is InChI=1S/C20H24N2O3/c1-13-18(22-23)12-19(14-4-8-16(24-2)9-5-14)21-20(13)15-6-10-17(25-3)11-7-15/h4-11,13,19-21,23H,12H2,1-3H3/b22-18-/t13-,19-,20-/m0/s1. The predicted molar refractivity (Wildman–Crippen MR) is 97.6 cm³/mol. The van der Waals surface area contributed by atoms with Gasteiger partial charge in [0.05, 0.1) is 19.9 Å². The average molecular weight is 340 g/mol. The SMILES string of the molecule is COc1ccc([C@@H]2C/C(=N/O)[C@H](C)[C@@H](c3ccc(OC)cc3)N2)cc1. The largest absolute Gasteiger partial charge is 0.497 e. The van der Waals surface area contributed by atoms with Crippen LogP contribution in [0.3, 0.4) is 0 Å². The number of methoxy groups -OCH3 is 2. The van der Waals surface area contributed by atoms with Crippen molar-refractivity contribution in [2.24, 2.45) is 11.1 Å². The molecule has 1 aliphatic rings. The van der Waals surface area contributed by atoms with Crippen LogP contribution in [0.1, 0.15) is 36.6 Å². The van der Waals surface area contributed by atoms with Crippen LogP contribution >= 0.6 is 0 Å². The third-order valence-electron chi connectivity index (χ3n) is 4.94. The first-order valence-corrected chi connectivity index (χ1v) is 8.41. The summed E-state index contributed by atoms with van der Waals surface area (Å²) in [5, 5.41) is 16.8. The summed E-state index contributed by atoms with van der Waals surface area (Å²) >= 11 is 0. The van der Waals surface area contributed by atoms with Crippen molar-refractivity contribution in [2.45, 2.75) is 25.4 Å². The van der Waals surface area contributed by atoms with Crippen molar-refractivity contribution >= 4 is 5.71 Å². The van der Waals surface area contributed by atoms with Crippen LogP contribution in [0.4, 0.5) is 0 Å². The van der Waals surface area contributed by atoms with Gasteiger partial charge in [0, 0.05) is 24.4 Å². The van der Waals surface area contributed by atoms with Gasteiger partial charge in [0.1, 0.15) is 11.5 Å². The monoisotopic (exact) mass is 340 g/mol. The molecule has 132 valence electrons. The Bertz CT molecular complexity index is 726. The number of oxime groups is 1. The molecule has 5 heteroatoms. The molecule has 0 bridgehead atoms. The van der Waals surface area contributed by atoms with Gasteiger partial charge in [0.15, 0.2) is 0 Å². The van der Waals surface area contributed by atoms with Gasteiger partial charge in [-0.05, 0) is 35.4 Å². The van der Waals surface area contributed by atoms with E-state index in [9.17, 15) is 5.21 Å². The summed E-state index contributed by atoms with van der Waals surface area (Å²) in [7, 11) is 3.32. The zero-order valence-corrected chi connectivity index (χ0v) is 14.8. The van der Waals surface area contributed by atoms with Gasteiger partial charge in [-0.2, -0.15) is 0 Å². The van der Waals surface area contributed by atoms with Crippen molar-refractivity contribution < 1.29 is 14.7 Å². The van der Waals surface area contributed by atoms with Crippen LogP contribution in [0.15, 0.2) is 53.7 Å². The topological polar surface area (TPSA) is 63.1 Å². The second-order valence-electron chi connectivity index (χ2n) is 6.33. The Morgan fingerprint density at radius 3 is 1.92 bits per heavy atom. The summed E-state index contributed by atoms with van der Waals surface area (Å²) in [5.74, 6) is 1.76. The van der Waals surface area contributed by atoms with Crippen LogP contribution in [-0.4, -0.2) is 25.1 Å². The van der Waals surface area contributed by atoms with E-state index in [1.54, 1.807) is 14.2 Å². The van der Waals surface area contributed by atoms with Gasteiger partial charge < -0.3 is 20.0 Å². The summed E-state index contributed by atoms with van der Waals surface area (Å²) in [4.78, 5) is 0. The Kier molecular flexibility index (Phi) is 5.24. The normalized spacial score (nSPS) is 24.9. The number of nitrogens with one attached hydrogen (secondary N) is 1. The van der Waals surface area contributed by atoms with Crippen LogP contribution in [-0.2, 0) is 0 Å². The molecule has 3 rings (SSSR count). The quantitative estimate of drug-likeness (QED) is 0.653. The average Bonchev–Trinajstić information content (AvgIpc) is 2.68. The van der Waals surface area contributed by atoms with Crippen LogP contribution < -0.4 is 14.8 Å². The van der Waals surface area contributed by atoms with E-state index < -0.39 is 0 Å². The molecule has 25 heavy (non-hydrogen) atoms. The molecule has 5 nitrogen and oxygen atoms in total. The van der Waals surface area contributed by atoms with Gasteiger partial charge in [-0.25, -0.2) is 0 Å². The van der Waals surface area contributed by atoms with Crippen LogP contribution in [0.2, 0.25) is 0 Å². The van der Waals surface area contributed by atoms with Crippen LogP contribution in [0.5, 0.6) is 11.5 Å². The van der Waals surface area contributed by atoms with Gasteiger partial charge in [-0.15, -0.1) is 0 Å². The van der Waals surface area contributed by atoms with Crippen LogP contribution in [0.25, 0.3) is 0 Å². The fraction of sp³-hybridized carbons (Fsp3) is 0.350. The predicted octanol–water partition coefficient (Wildman–Crippen LogP) is 3.95. The van der Waals surface area contributed by atoms with Gasteiger partial charge >= 0.3 is 0 Å². The molecule has 2 N–H and O–H groups in total. The zero-order chi connectivity index (χ0) is 17.8. The van der Waals surface area contributed by atoms with Crippen LogP contribution in [0, 0.1) is 5.92 Å². The molecule has 0 aromatic heterocycles. The smallest absolute Gasteiger partial charge is 0.118 e. The third-order valence-corrected chi connectivity index (χ3v) is 4.94. The first kappa shape index (κ1) is 17.3. The Balaban J connectivity index is 1.88. The lowest BCUT2D eigenvalue weighted by Gasteiger charge is -2.37. The van der Waals surface area contributed by atoms with E-state index in [0.29, 0.717) is 6.42 Å². The zero-order valence-electron chi connectivity index (χ0n) is 14.8. The molecule has 0 amide bonds. The lowest BCUT2D eigenvalue weighted by Crippen LogP contribution is -2.41. The maximum atomic E-state index is 9.48. The molecule has 0 saturated carbocycles. The van der Waals surface area contributed by atoms with Gasteiger partial charge in [0.2, 0.25) is 0 Å². The van der Waals surface area contributed by atoms with E-state index in [4.69, 9.17) is 9.47 Å². The summed E-state index contributed by atoms with van der Waals surface area (Å²) < 4.78 is 10.5. The molecular formula is C20H24N2O3. The third kappa shape index (κ3) is 3.61. The number of ether oxygens (including phenoxy) is 2. The molecule has 0 spiro atoms. The highest BCUT2D eigenvalue weighted by Crippen LogP contribution is 2.36. The molecular weight excluding hydrogens is 316 g/mol. The van der Waals surface area contributed by atoms with E-state index in [-0.39, 0.29) is 18.0 Å². The number of benzene rings is 2. The number of nitrogens with zero attached hydrogens (tertiary/aromatic N) is 1. The highest BCUT2D eigenvalue weighted by molar-refractivity contribution is 5.88. The fourth-order valence-corrected chi connectivity index (χ4v) is 3.39. The maximum Gasteiger partial charge on any atom is 0.118 e. The fourth-order valence-electron chi connectivity index (χ4n) is 3.39. The van der Waals surface area contributed by atoms with E-state index in [0.717, 1.165) is 28.3 Å². The Morgan fingerprint density at radius 1 is 0.920 bits per heavy atom. The lowest BCUT2D eigenvalue weighted by molar-refractivity contribution is 0.294. The molecule has 2 aromatic carbocycles. The molecule has 0 aliphatic carbocycles. The number of piperidine rings is 1. The molecule has 1 fully saturated rings. The second kappa shape index (κ2) is 7.57. The number of rotatable bonds is 4. The molecule has 0 unspecified atom stereocenters. The molecule has 3 atom stereocenters. The first-order valence-electron chi connectivity index (χ1n) is 8.41. The van der Waals surface area contributed by atoms with E-state index in [1.165, 1.54) is 0 Å². The summed E-state index contributed by atoms with van der Waals surface area (Å²) in [6.45, 7) is 2.08. The van der Waals surface area contributed by atoms with E-state index in [1.807, 2.05) is 36.4 Å². The van der Waals surface area contributed by atoms with Gasteiger partial charge in [0.25, 0.3) is 0 Å². The Labute approximate surface area is 148 Å². The highest BCUT2D eigenvalue weighted by Gasteiger charge is 2.33. The molecule has 1 saturated heterocycles. The molecule has 1 aliphatic heterocycles. The van der Waals surface area contributed by atoms with Gasteiger partial charge in [-0.3, -0.25) is 0 Å². The van der Waals surface area contributed by atoms with Crippen molar-refractivity contribution in [3.63, 3.8) is 0 Å². The van der Waals surface area contributed by atoms with Crippen molar-refractivity contribution in [1.82, 2.24) is 5.32 Å². The van der Waals surface area contributed by atoms with Crippen molar-refractivity contribution in [3.05, 3.63) is 59.7 Å². The summed E-state index contributed by atoms with van der Waals surface area (Å²) in [5.41, 5.74) is 3.10.